The molecule has 0 bridgehead atoms. The van der Waals surface area contributed by atoms with Crippen molar-refractivity contribution in [1.82, 2.24) is 15.2 Å². The van der Waals surface area contributed by atoms with Gasteiger partial charge in [-0.3, -0.25) is 10.1 Å². The minimum Gasteiger partial charge on any atom is -0.459 e. The van der Waals surface area contributed by atoms with Gasteiger partial charge in [-0.25, -0.2) is 4.98 Å². The van der Waals surface area contributed by atoms with Crippen molar-refractivity contribution in [3.63, 3.8) is 0 Å². The lowest BCUT2D eigenvalue weighted by Crippen LogP contribution is -2.13. The molecule has 5 rings (SSSR count). The highest BCUT2D eigenvalue weighted by Gasteiger charge is 2.18. The van der Waals surface area contributed by atoms with Gasteiger partial charge in [-0.05, 0) is 30.3 Å². The summed E-state index contributed by atoms with van der Waals surface area (Å²) in [4.78, 5) is 17.8. The van der Waals surface area contributed by atoms with Crippen LogP contribution in [0.3, 0.4) is 0 Å². The largest absolute Gasteiger partial charge is 0.459 e. The number of nitrogens with zero attached hydrogens (tertiary/aromatic N) is 3. The summed E-state index contributed by atoms with van der Waals surface area (Å²) in [6.45, 7) is 0. The third kappa shape index (κ3) is 3.48. The van der Waals surface area contributed by atoms with Crippen LogP contribution in [0, 0.1) is 0 Å². The number of nitrogens with one attached hydrogen (secondary N) is 1. The molecule has 0 saturated carbocycles. The van der Waals surface area contributed by atoms with E-state index >= 15 is 0 Å². The summed E-state index contributed by atoms with van der Waals surface area (Å²) in [7, 11) is 0. The maximum atomic E-state index is 13.1. The Hall–Kier alpha value is -3.78. The number of hydrogen-bond donors (Lipinski definition) is 1. The first-order chi connectivity index (χ1) is 14.7. The quantitative estimate of drug-likeness (QED) is 0.377. The lowest BCUT2D eigenvalue weighted by atomic mass is 10.0. The zero-order valence-corrected chi connectivity index (χ0v) is 17.0. The predicted molar refractivity (Wildman–Crippen MR) is 115 cm³/mol. The second kappa shape index (κ2) is 7.57. The molecule has 3 heterocycles. The van der Waals surface area contributed by atoms with E-state index in [2.05, 4.69) is 31.4 Å². The molecule has 2 aromatic carbocycles. The lowest BCUT2D eigenvalue weighted by Gasteiger charge is -2.09. The number of pyridine rings is 1. The molecular formula is C22H13BrN4O3. The van der Waals surface area contributed by atoms with E-state index in [0.717, 1.165) is 10.0 Å². The fourth-order valence-corrected chi connectivity index (χ4v) is 3.43. The Labute approximate surface area is 178 Å². The van der Waals surface area contributed by atoms with E-state index in [1.165, 1.54) is 6.26 Å². The van der Waals surface area contributed by atoms with Crippen molar-refractivity contribution >= 4 is 38.8 Å². The molecule has 0 spiro atoms. The Kier molecular flexibility index (Phi) is 4.61. The van der Waals surface area contributed by atoms with Crippen LogP contribution in [0.2, 0.25) is 0 Å². The second-order valence-electron chi connectivity index (χ2n) is 6.43. The van der Waals surface area contributed by atoms with Crippen molar-refractivity contribution < 1.29 is 13.6 Å². The Morgan fingerprint density at radius 2 is 1.83 bits per heavy atom. The molecular weight excluding hydrogens is 448 g/mol. The Morgan fingerprint density at radius 3 is 2.63 bits per heavy atom. The molecule has 0 saturated heterocycles. The molecule has 1 amide bonds. The van der Waals surface area contributed by atoms with Crippen molar-refractivity contribution in [1.29, 1.82) is 0 Å². The number of furan rings is 1. The Balaban J connectivity index is 1.54. The fraction of sp³-hybridized carbons (Fsp3) is 0. The van der Waals surface area contributed by atoms with Gasteiger partial charge in [-0.15, -0.1) is 5.10 Å². The van der Waals surface area contributed by atoms with Crippen molar-refractivity contribution in [2.75, 3.05) is 5.32 Å². The van der Waals surface area contributed by atoms with Crippen molar-refractivity contribution in [2.45, 2.75) is 0 Å². The zero-order valence-electron chi connectivity index (χ0n) is 15.4. The molecule has 0 atom stereocenters. The van der Waals surface area contributed by atoms with Crippen molar-refractivity contribution in [2.24, 2.45) is 0 Å². The number of aromatic nitrogens is 3. The average Bonchev–Trinajstić information content (AvgIpc) is 3.45. The summed E-state index contributed by atoms with van der Waals surface area (Å²) in [6, 6.07) is 20.4. The number of carbonyl (C=O) groups is 1. The van der Waals surface area contributed by atoms with E-state index < -0.39 is 0 Å². The number of hydrogen-bond acceptors (Lipinski definition) is 6. The van der Waals surface area contributed by atoms with Gasteiger partial charge in [0.2, 0.25) is 0 Å². The summed E-state index contributed by atoms with van der Waals surface area (Å²) in [6.07, 6.45) is 1.50. The van der Waals surface area contributed by atoms with Gasteiger partial charge in [0, 0.05) is 15.4 Å². The van der Waals surface area contributed by atoms with E-state index in [9.17, 15) is 4.79 Å². The number of fused-ring (bicyclic) bond motifs is 1. The van der Waals surface area contributed by atoms with Crippen LogP contribution in [-0.4, -0.2) is 21.1 Å². The number of carbonyl (C=O) groups excluding carboxylic acids is 1. The van der Waals surface area contributed by atoms with Gasteiger partial charge in [0.05, 0.1) is 23.0 Å². The molecule has 0 fully saturated rings. The van der Waals surface area contributed by atoms with Gasteiger partial charge in [0.15, 0.2) is 5.76 Å². The first-order valence-corrected chi connectivity index (χ1v) is 9.81. The van der Waals surface area contributed by atoms with Gasteiger partial charge in [0.1, 0.15) is 0 Å². The highest BCUT2D eigenvalue weighted by molar-refractivity contribution is 9.10. The van der Waals surface area contributed by atoms with Crippen LogP contribution in [0.25, 0.3) is 33.8 Å². The molecule has 0 aliphatic heterocycles. The van der Waals surface area contributed by atoms with Gasteiger partial charge >= 0.3 is 6.01 Å². The van der Waals surface area contributed by atoms with Gasteiger partial charge in [0.25, 0.3) is 11.8 Å². The van der Waals surface area contributed by atoms with Gasteiger partial charge in [-0.1, -0.05) is 57.4 Å². The highest BCUT2D eigenvalue weighted by Crippen LogP contribution is 2.28. The first-order valence-electron chi connectivity index (χ1n) is 9.02. The van der Waals surface area contributed by atoms with Crippen LogP contribution < -0.4 is 5.32 Å². The summed E-state index contributed by atoms with van der Waals surface area (Å²) < 4.78 is 11.6. The smallest absolute Gasteiger partial charge is 0.322 e. The zero-order chi connectivity index (χ0) is 20.5. The standard InChI is InChI=1S/C22H13BrN4O3/c23-14-8-9-15-16(12-17(24-18(15)11-14)13-5-2-1-3-6-13)20(28)25-22-27-26-21(30-22)19-7-4-10-29-19/h1-12H,(H,25,27,28). The van der Waals surface area contributed by atoms with Crippen LogP contribution in [0.4, 0.5) is 6.01 Å². The second-order valence-corrected chi connectivity index (χ2v) is 7.34. The maximum absolute atomic E-state index is 13.1. The number of amides is 1. The molecule has 3 aromatic heterocycles. The number of benzene rings is 2. The SMILES string of the molecule is O=C(Nc1nnc(-c2ccco2)o1)c1cc(-c2ccccc2)nc2cc(Br)ccc12. The predicted octanol–water partition coefficient (Wildman–Crippen LogP) is 5.56. The Bertz CT molecular complexity index is 1350. The molecule has 0 aliphatic carbocycles. The van der Waals surface area contributed by atoms with E-state index in [-0.39, 0.29) is 17.8 Å². The number of rotatable bonds is 4. The molecule has 0 aliphatic rings. The van der Waals surface area contributed by atoms with Crippen molar-refractivity contribution in [3.05, 3.63) is 83.0 Å². The third-order valence-corrected chi connectivity index (χ3v) is 4.96. The van der Waals surface area contributed by atoms with Crippen LogP contribution in [0.15, 0.2) is 86.3 Å². The van der Waals surface area contributed by atoms with Crippen LogP contribution in [0.1, 0.15) is 10.4 Å². The third-order valence-electron chi connectivity index (χ3n) is 4.46. The first kappa shape index (κ1) is 18.3. The van der Waals surface area contributed by atoms with Gasteiger partial charge in [-0.2, -0.15) is 0 Å². The van der Waals surface area contributed by atoms with E-state index in [0.29, 0.717) is 27.9 Å². The highest BCUT2D eigenvalue weighted by atomic mass is 79.9. The van der Waals surface area contributed by atoms with E-state index in [4.69, 9.17) is 13.8 Å². The summed E-state index contributed by atoms with van der Waals surface area (Å²) in [5.41, 5.74) is 2.74. The summed E-state index contributed by atoms with van der Waals surface area (Å²) in [5.74, 6) is 0.230. The topological polar surface area (TPSA) is 94.1 Å². The molecule has 8 heteroatoms. The molecule has 7 nitrogen and oxygen atoms in total. The van der Waals surface area contributed by atoms with Crippen LogP contribution in [0.5, 0.6) is 0 Å². The molecule has 30 heavy (non-hydrogen) atoms. The Morgan fingerprint density at radius 1 is 0.967 bits per heavy atom. The van der Waals surface area contributed by atoms with Gasteiger partial charge < -0.3 is 8.83 Å². The molecule has 5 aromatic rings. The normalized spacial score (nSPS) is 11.0. The monoisotopic (exact) mass is 460 g/mol. The van der Waals surface area contributed by atoms with E-state index in [1.54, 1.807) is 18.2 Å². The minimum atomic E-state index is -0.378. The molecule has 0 unspecified atom stereocenters. The average molecular weight is 461 g/mol. The van der Waals surface area contributed by atoms with Crippen molar-refractivity contribution in [3.8, 4) is 22.9 Å². The molecule has 146 valence electrons. The summed E-state index contributed by atoms with van der Waals surface area (Å²) in [5, 5.41) is 11.2. The molecule has 1 N–H and O–H groups in total. The number of halogens is 1. The lowest BCUT2D eigenvalue weighted by molar-refractivity contribution is 0.102. The van der Waals surface area contributed by atoms with Crippen LogP contribution in [-0.2, 0) is 0 Å². The minimum absolute atomic E-state index is 0.0188. The molecule has 0 radical (unpaired) electrons. The maximum Gasteiger partial charge on any atom is 0.322 e. The van der Waals surface area contributed by atoms with Crippen LogP contribution >= 0.6 is 15.9 Å². The van der Waals surface area contributed by atoms with E-state index in [1.807, 2.05) is 48.5 Å². The fourth-order valence-electron chi connectivity index (χ4n) is 3.08. The summed E-state index contributed by atoms with van der Waals surface area (Å²) >= 11 is 3.47. The number of anilines is 1.